The third-order valence-electron chi connectivity index (χ3n) is 4.22. The SMILES string of the molecule is CCC1CCCCC1NC(=O)c1ccccc1C#CCO. The summed E-state index contributed by atoms with van der Waals surface area (Å²) in [5.74, 6) is 5.98. The summed E-state index contributed by atoms with van der Waals surface area (Å²) in [5.41, 5.74) is 1.27. The van der Waals surface area contributed by atoms with Crippen molar-refractivity contribution in [3.05, 3.63) is 35.4 Å². The first-order valence-electron chi connectivity index (χ1n) is 7.76. The van der Waals surface area contributed by atoms with Gasteiger partial charge >= 0.3 is 0 Å². The van der Waals surface area contributed by atoms with E-state index in [-0.39, 0.29) is 18.6 Å². The molecule has 0 bridgehead atoms. The lowest BCUT2D eigenvalue weighted by atomic mass is 9.82. The fourth-order valence-corrected chi connectivity index (χ4v) is 3.06. The molecule has 3 nitrogen and oxygen atoms in total. The quantitative estimate of drug-likeness (QED) is 0.839. The Kier molecular flexibility index (Phi) is 5.83. The first-order chi connectivity index (χ1) is 10.3. The van der Waals surface area contributed by atoms with Gasteiger partial charge in [-0.25, -0.2) is 0 Å². The lowest BCUT2D eigenvalue weighted by Crippen LogP contribution is -2.42. The van der Waals surface area contributed by atoms with E-state index < -0.39 is 0 Å². The molecular formula is C18H23NO2. The molecule has 21 heavy (non-hydrogen) atoms. The van der Waals surface area contributed by atoms with Crippen molar-refractivity contribution in [3.63, 3.8) is 0 Å². The van der Waals surface area contributed by atoms with Crippen LogP contribution in [0, 0.1) is 17.8 Å². The van der Waals surface area contributed by atoms with Crippen LogP contribution in [-0.2, 0) is 0 Å². The van der Waals surface area contributed by atoms with Crippen molar-refractivity contribution >= 4 is 5.91 Å². The Balaban J connectivity index is 2.13. The van der Waals surface area contributed by atoms with Crippen molar-refractivity contribution < 1.29 is 9.90 Å². The molecule has 1 fully saturated rings. The monoisotopic (exact) mass is 285 g/mol. The molecule has 0 aromatic heterocycles. The average molecular weight is 285 g/mol. The Bertz CT molecular complexity index is 542. The lowest BCUT2D eigenvalue weighted by molar-refractivity contribution is 0.0904. The third kappa shape index (κ3) is 4.09. The molecule has 1 aliphatic carbocycles. The van der Waals surface area contributed by atoms with Crippen LogP contribution in [0.2, 0.25) is 0 Å². The van der Waals surface area contributed by atoms with Crippen molar-refractivity contribution in [2.24, 2.45) is 5.92 Å². The van der Waals surface area contributed by atoms with Gasteiger partial charge < -0.3 is 10.4 Å². The summed E-state index contributed by atoms with van der Waals surface area (Å²) < 4.78 is 0. The highest BCUT2D eigenvalue weighted by molar-refractivity contribution is 5.96. The van der Waals surface area contributed by atoms with Crippen LogP contribution < -0.4 is 5.32 Å². The zero-order chi connectivity index (χ0) is 15.1. The van der Waals surface area contributed by atoms with Crippen LogP contribution in [0.1, 0.15) is 54.9 Å². The average Bonchev–Trinajstić information content (AvgIpc) is 2.53. The lowest BCUT2D eigenvalue weighted by Gasteiger charge is -2.31. The maximum Gasteiger partial charge on any atom is 0.252 e. The standard InChI is InChI=1S/C18H23NO2/c1-2-14-8-4-6-12-17(14)19-18(21)16-11-5-3-9-15(16)10-7-13-20/h3,5,9,11,14,17,20H,2,4,6,8,12-13H2,1H3,(H,19,21). The van der Waals surface area contributed by atoms with Crippen molar-refractivity contribution in [1.29, 1.82) is 0 Å². The predicted molar refractivity (Wildman–Crippen MR) is 83.9 cm³/mol. The molecule has 2 rings (SSSR count). The van der Waals surface area contributed by atoms with Crippen molar-refractivity contribution in [2.75, 3.05) is 6.61 Å². The van der Waals surface area contributed by atoms with E-state index in [9.17, 15) is 4.79 Å². The molecule has 2 atom stereocenters. The van der Waals surface area contributed by atoms with Crippen LogP contribution >= 0.6 is 0 Å². The van der Waals surface area contributed by atoms with Crippen molar-refractivity contribution in [3.8, 4) is 11.8 Å². The Morgan fingerprint density at radius 2 is 2.10 bits per heavy atom. The summed E-state index contributed by atoms with van der Waals surface area (Å²) >= 11 is 0. The molecule has 112 valence electrons. The minimum atomic E-state index is -0.198. The largest absolute Gasteiger partial charge is 0.384 e. The van der Waals surface area contributed by atoms with Crippen molar-refractivity contribution in [2.45, 2.75) is 45.1 Å². The van der Waals surface area contributed by atoms with Gasteiger partial charge in [0.2, 0.25) is 0 Å². The van der Waals surface area contributed by atoms with E-state index in [1.165, 1.54) is 19.3 Å². The molecule has 1 saturated carbocycles. The smallest absolute Gasteiger partial charge is 0.252 e. The molecule has 0 aliphatic heterocycles. The van der Waals surface area contributed by atoms with Gasteiger partial charge in [0.05, 0.1) is 5.56 Å². The van der Waals surface area contributed by atoms with Gasteiger partial charge in [-0.15, -0.1) is 0 Å². The zero-order valence-electron chi connectivity index (χ0n) is 12.6. The van der Waals surface area contributed by atoms with Gasteiger partial charge in [-0.05, 0) is 30.9 Å². The molecular weight excluding hydrogens is 262 g/mol. The van der Waals surface area contributed by atoms with Crippen LogP contribution in [0.4, 0.5) is 0 Å². The highest BCUT2D eigenvalue weighted by Crippen LogP contribution is 2.27. The van der Waals surface area contributed by atoms with Gasteiger partial charge in [0, 0.05) is 11.6 Å². The molecule has 2 unspecified atom stereocenters. The zero-order valence-corrected chi connectivity index (χ0v) is 12.6. The van der Waals surface area contributed by atoms with Crippen LogP contribution in [0.5, 0.6) is 0 Å². The Morgan fingerprint density at radius 1 is 1.33 bits per heavy atom. The number of aliphatic hydroxyl groups is 1. The number of carbonyl (C=O) groups excluding carboxylic acids is 1. The van der Waals surface area contributed by atoms with Gasteiger partial charge in [-0.2, -0.15) is 0 Å². The summed E-state index contributed by atoms with van der Waals surface area (Å²) in [6.45, 7) is 1.99. The maximum atomic E-state index is 12.5. The number of nitrogens with one attached hydrogen (secondary N) is 1. The van der Waals surface area contributed by atoms with Gasteiger partial charge in [0.25, 0.3) is 5.91 Å². The van der Waals surface area contributed by atoms with E-state index >= 15 is 0 Å². The maximum absolute atomic E-state index is 12.5. The van der Waals surface area contributed by atoms with Crippen LogP contribution in [0.15, 0.2) is 24.3 Å². The Labute approximate surface area is 126 Å². The number of rotatable bonds is 3. The third-order valence-corrected chi connectivity index (χ3v) is 4.22. The second kappa shape index (κ2) is 7.85. The van der Waals surface area contributed by atoms with Gasteiger partial charge in [-0.1, -0.05) is 50.2 Å². The summed E-state index contributed by atoms with van der Waals surface area (Å²) in [7, 11) is 0. The fraction of sp³-hybridized carbons (Fsp3) is 0.500. The van der Waals surface area contributed by atoms with E-state index in [2.05, 4.69) is 24.1 Å². The Morgan fingerprint density at radius 3 is 2.86 bits per heavy atom. The molecule has 0 saturated heterocycles. The topological polar surface area (TPSA) is 49.3 Å². The summed E-state index contributed by atoms with van der Waals surface area (Å²) in [4.78, 5) is 12.5. The molecule has 1 aromatic rings. The minimum absolute atomic E-state index is 0.0526. The summed E-state index contributed by atoms with van der Waals surface area (Å²) in [6.07, 6.45) is 5.83. The fourth-order valence-electron chi connectivity index (χ4n) is 3.06. The van der Waals surface area contributed by atoms with E-state index in [4.69, 9.17) is 5.11 Å². The highest BCUT2D eigenvalue weighted by atomic mass is 16.2. The number of amides is 1. The first-order valence-corrected chi connectivity index (χ1v) is 7.76. The van der Waals surface area contributed by atoms with E-state index in [1.807, 2.05) is 18.2 Å². The molecule has 1 amide bonds. The van der Waals surface area contributed by atoms with Gasteiger partial charge in [0.1, 0.15) is 6.61 Å². The number of carbonyl (C=O) groups is 1. The Hall–Kier alpha value is -1.79. The molecule has 0 spiro atoms. The molecule has 0 heterocycles. The second-order valence-corrected chi connectivity index (χ2v) is 5.54. The molecule has 0 radical (unpaired) electrons. The van der Waals surface area contributed by atoms with E-state index in [1.54, 1.807) is 6.07 Å². The predicted octanol–water partition coefficient (Wildman–Crippen LogP) is 2.73. The summed E-state index contributed by atoms with van der Waals surface area (Å²) in [5, 5.41) is 12.0. The van der Waals surface area contributed by atoms with Gasteiger partial charge in [-0.3, -0.25) is 4.79 Å². The second-order valence-electron chi connectivity index (χ2n) is 5.54. The number of aliphatic hydroxyl groups excluding tert-OH is 1. The molecule has 1 aliphatic rings. The van der Waals surface area contributed by atoms with E-state index in [0.29, 0.717) is 17.0 Å². The molecule has 1 aromatic carbocycles. The summed E-state index contributed by atoms with van der Waals surface area (Å²) in [6, 6.07) is 7.58. The normalized spacial score (nSPS) is 21.2. The number of hydrogen-bond acceptors (Lipinski definition) is 2. The molecule has 3 heteroatoms. The van der Waals surface area contributed by atoms with Crippen LogP contribution in [-0.4, -0.2) is 23.7 Å². The minimum Gasteiger partial charge on any atom is -0.384 e. The van der Waals surface area contributed by atoms with Gasteiger partial charge in [0.15, 0.2) is 0 Å². The van der Waals surface area contributed by atoms with E-state index in [0.717, 1.165) is 12.8 Å². The highest BCUT2D eigenvalue weighted by Gasteiger charge is 2.25. The number of benzene rings is 1. The molecule has 2 N–H and O–H groups in total. The number of hydrogen-bond donors (Lipinski definition) is 2. The van der Waals surface area contributed by atoms with Crippen LogP contribution in [0.3, 0.4) is 0 Å². The van der Waals surface area contributed by atoms with Crippen LogP contribution in [0.25, 0.3) is 0 Å². The first kappa shape index (κ1) is 15.6. The van der Waals surface area contributed by atoms with Crippen molar-refractivity contribution in [1.82, 2.24) is 5.32 Å².